The largest absolute Gasteiger partial charge is 0.379 e. The average Bonchev–Trinajstić information content (AvgIpc) is 2.59. The Hall–Kier alpha value is -1.34. The van der Waals surface area contributed by atoms with Crippen molar-refractivity contribution in [1.29, 1.82) is 0 Å². The third-order valence-electron chi connectivity index (χ3n) is 4.38. The van der Waals surface area contributed by atoms with Gasteiger partial charge in [-0.05, 0) is 26.7 Å². The molecule has 140 valence electrons. The van der Waals surface area contributed by atoms with E-state index >= 15 is 0 Å². The lowest BCUT2D eigenvalue weighted by Gasteiger charge is -2.36. The smallest absolute Gasteiger partial charge is 0.318 e. The van der Waals surface area contributed by atoms with Crippen molar-refractivity contribution in [2.45, 2.75) is 52.6 Å². The van der Waals surface area contributed by atoms with E-state index in [9.17, 15) is 9.59 Å². The molecular weight excluding hydrogens is 308 g/mol. The lowest BCUT2D eigenvalue weighted by Crippen LogP contribution is -2.55. The van der Waals surface area contributed by atoms with E-state index in [1.54, 1.807) is 4.90 Å². The van der Waals surface area contributed by atoms with E-state index in [-0.39, 0.29) is 30.6 Å². The molecule has 0 aliphatic carbocycles. The van der Waals surface area contributed by atoms with Gasteiger partial charge in [-0.2, -0.15) is 0 Å². The van der Waals surface area contributed by atoms with Crippen LogP contribution in [0.15, 0.2) is 0 Å². The molecule has 2 unspecified atom stereocenters. The number of morpholine rings is 1. The number of amides is 3. The molecule has 1 aliphatic heterocycles. The predicted molar refractivity (Wildman–Crippen MR) is 95.0 cm³/mol. The van der Waals surface area contributed by atoms with Crippen LogP contribution in [0.3, 0.4) is 0 Å². The van der Waals surface area contributed by atoms with Crippen LogP contribution in [0.25, 0.3) is 0 Å². The molecule has 0 spiro atoms. The van der Waals surface area contributed by atoms with E-state index in [0.29, 0.717) is 13.1 Å². The fourth-order valence-electron chi connectivity index (χ4n) is 2.72. The number of nitrogens with zero attached hydrogens (tertiary/aromatic N) is 2. The third kappa shape index (κ3) is 7.05. The number of carbonyl (C=O) groups excluding carboxylic acids is 2. The van der Waals surface area contributed by atoms with Gasteiger partial charge in [0.1, 0.15) is 6.54 Å². The van der Waals surface area contributed by atoms with E-state index in [0.717, 1.165) is 39.1 Å². The lowest BCUT2D eigenvalue weighted by atomic mass is 10.1. The highest BCUT2D eigenvalue weighted by Gasteiger charge is 2.25. The Morgan fingerprint density at radius 1 is 1.17 bits per heavy atom. The molecular formula is C17H34N4O3. The van der Waals surface area contributed by atoms with E-state index in [4.69, 9.17) is 4.74 Å². The Morgan fingerprint density at radius 3 is 2.42 bits per heavy atom. The van der Waals surface area contributed by atoms with Crippen molar-refractivity contribution in [1.82, 2.24) is 20.4 Å². The molecule has 0 aromatic heterocycles. The fourth-order valence-corrected chi connectivity index (χ4v) is 2.72. The van der Waals surface area contributed by atoms with Crippen LogP contribution in [0.1, 0.15) is 40.5 Å². The average molecular weight is 342 g/mol. The minimum absolute atomic E-state index is 0.00802. The van der Waals surface area contributed by atoms with E-state index in [2.05, 4.69) is 22.5 Å². The fraction of sp³-hybridized carbons (Fsp3) is 0.882. The van der Waals surface area contributed by atoms with Gasteiger partial charge in [0.25, 0.3) is 0 Å². The molecule has 2 N–H and O–H groups in total. The zero-order valence-corrected chi connectivity index (χ0v) is 15.6. The zero-order chi connectivity index (χ0) is 17.9. The molecule has 1 aliphatic rings. The number of hydrogen-bond donors (Lipinski definition) is 2. The van der Waals surface area contributed by atoms with E-state index < -0.39 is 0 Å². The molecule has 7 nitrogen and oxygen atoms in total. The lowest BCUT2D eigenvalue weighted by molar-refractivity contribution is -0.121. The molecule has 0 aromatic carbocycles. The van der Waals surface area contributed by atoms with Crippen LogP contribution in [0.5, 0.6) is 0 Å². The van der Waals surface area contributed by atoms with Gasteiger partial charge in [-0.3, -0.25) is 9.69 Å². The van der Waals surface area contributed by atoms with E-state index in [1.807, 2.05) is 20.8 Å². The van der Waals surface area contributed by atoms with Gasteiger partial charge >= 0.3 is 6.03 Å². The molecule has 0 saturated carbocycles. The Bertz CT molecular complexity index is 386. The topological polar surface area (TPSA) is 73.9 Å². The summed E-state index contributed by atoms with van der Waals surface area (Å²) in [6, 6.07) is 0.0695. The molecule has 2 atom stereocenters. The minimum Gasteiger partial charge on any atom is -0.379 e. The van der Waals surface area contributed by atoms with Crippen molar-refractivity contribution in [2.24, 2.45) is 0 Å². The van der Waals surface area contributed by atoms with Crippen LogP contribution in [-0.4, -0.2) is 79.8 Å². The van der Waals surface area contributed by atoms with Crippen molar-refractivity contribution in [3.63, 3.8) is 0 Å². The number of ether oxygens (including phenoxy) is 1. The maximum atomic E-state index is 12.5. The summed E-state index contributed by atoms with van der Waals surface area (Å²) in [5, 5.41) is 5.87. The number of nitrogens with one attached hydrogen (secondary N) is 2. The molecule has 1 rings (SSSR count). The number of urea groups is 1. The molecule has 0 aromatic rings. The quantitative estimate of drug-likeness (QED) is 0.657. The monoisotopic (exact) mass is 342 g/mol. The Morgan fingerprint density at radius 2 is 1.83 bits per heavy atom. The SMILES string of the molecule is CCCNC(=O)CN(CCC)C(=O)NC(C)C(C)N1CCOCC1. The molecule has 1 fully saturated rings. The van der Waals surface area contributed by atoms with Crippen molar-refractivity contribution < 1.29 is 14.3 Å². The van der Waals surface area contributed by atoms with Crippen molar-refractivity contribution >= 4 is 11.9 Å². The number of rotatable bonds is 9. The first-order chi connectivity index (χ1) is 11.5. The van der Waals surface area contributed by atoms with Crippen molar-refractivity contribution in [2.75, 3.05) is 45.9 Å². The van der Waals surface area contributed by atoms with Crippen molar-refractivity contribution in [3.8, 4) is 0 Å². The number of carbonyl (C=O) groups is 2. The summed E-state index contributed by atoms with van der Waals surface area (Å²) in [6.45, 7) is 12.7. The van der Waals surface area contributed by atoms with Crippen molar-refractivity contribution in [3.05, 3.63) is 0 Å². The van der Waals surface area contributed by atoms with Crippen LogP contribution >= 0.6 is 0 Å². The summed E-state index contributed by atoms with van der Waals surface area (Å²) < 4.78 is 5.38. The third-order valence-corrected chi connectivity index (χ3v) is 4.38. The van der Waals surface area contributed by atoms with Gasteiger partial charge in [0.15, 0.2) is 0 Å². The second kappa shape index (κ2) is 11.3. The van der Waals surface area contributed by atoms with Crippen LogP contribution in [-0.2, 0) is 9.53 Å². The summed E-state index contributed by atoms with van der Waals surface area (Å²) >= 11 is 0. The molecule has 1 heterocycles. The first-order valence-electron chi connectivity index (χ1n) is 9.13. The van der Waals surface area contributed by atoms with Crippen LogP contribution in [0.4, 0.5) is 4.79 Å². The second-order valence-corrected chi connectivity index (χ2v) is 6.40. The van der Waals surface area contributed by atoms with Gasteiger partial charge in [-0.1, -0.05) is 13.8 Å². The van der Waals surface area contributed by atoms with Crippen LogP contribution < -0.4 is 10.6 Å². The Kier molecular flexibility index (Phi) is 9.71. The minimum atomic E-state index is -0.170. The zero-order valence-electron chi connectivity index (χ0n) is 15.6. The van der Waals surface area contributed by atoms with Crippen LogP contribution in [0.2, 0.25) is 0 Å². The summed E-state index contributed by atoms with van der Waals surface area (Å²) in [6.07, 6.45) is 1.71. The van der Waals surface area contributed by atoms with Gasteiger partial charge in [-0.15, -0.1) is 0 Å². The summed E-state index contributed by atoms with van der Waals surface area (Å²) in [7, 11) is 0. The Labute approximate surface area is 146 Å². The molecule has 1 saturated heterocycles. The van der Waals surface area contributed by atoms with E-state index in [1.165, 1.54) is 0 Å². The first-order valence-corrected chi connectivity index (χ1v) is 9.13. The molecule has 3 amide bonds. The first kappa shape index (κ1) is 20.7. The standard InChI is InChI=1S/C17H34N4O3/c1-5-7-18-16(22)13-21(8-6-2)17(23)19-14(3)15(4)20-9-11-24-12-10-20/h14-15H,5-13H2,1-4H3,(H,18,22)(H,19,23). The highest BCUT2D eigenvalue weighted by molar-refractivity contribution is 5.84. The summed E-state index contributed by atoms with van der Waals surface area (Å²) in [5.74, 6) is -0.102. The maximum absolute atomic E-state index is 12.5. The van der Waals surface area contributed by atoms with Gasteiger partial charge in [0.2, 0.25) is 5.91 Å². The molecule has 0 bridgehead atoms. The molecule has 0 radical (unpaired) electrons. The van der Waals surface area contributed by atoms with Crippen LogP contribution in [0, 0.1) is 0 Å². The normalized spacial score (nSPS) is 17.8. The summed E-state index contributed by atoms with van der Waals surface area (Å²) in [4.78, 5) is 28.4. The highest BCUT2D eigenvalue weighted by Crippen LogP contribution is 2.08. The van der Waals surface area contributed by atoms with Gasteiger partial charge in [0.05, 0.1) is 13.2 Å². The predicted octanol–water partition coefficient (Wildman–Crippen LogP) is 1.04. The second-order valence-electron chi connectivity index (χ2n) is 6.40. The van der Waals surface area contributed by atoms with Gasteiger partial charge < -0.3 is 20.3 Å². The molecule has 7 heteroatoms. The van der Waals surface area contributed by atoms with Gasteiger partial charge in [0, 0.05) is 38.3 Å². The maximum Gasteiger partial charge on any atom is 0.318 e. The highest BCUT2D eigenvalue weighted by atomic mass is 16.5. The van der Waals surface area contributed by atoms with Gasteiger partial charge in [-0.25, -0.2) is 4.79 Å². The Balaban J connectivity index is 2.51. The summed E-state index contributed by atoms with van der Waals surface area (Å²) in [5.41, 5.74) is 0. The molecule has 24 heavy (non-hydrogen) atoms. The number of hydrogen-bond acceptors (Lipinski definition) is 4.